The molecule has 0 bridgehead atoms. The van der Waals surface area contributed by atoms with Gasteiger partial charge in [0, 0.05) is 61.3 Å². The standard InChI is InChI=1S/C34H42N4O3/c1-22-14-26(15-23(2)40-22)33-10-6-25-16-24(5-9-32(25)36-33)19-37-13-11-30(21-37)41-29-7-8-31-27(17-29)20-38(34(31)39)28-4-3-12-35-18-28/h5-10,16-17,22-23,26,28,30,35H,3-4,11-15,18-21H2,1-2H3/t22-,23-,28?,30+/m1/s1. The molecule has 216 valence electrons. The average molecular weight is 555 g/mol. The molecule has 1 aromatic heterocycles. The van der Waals surface area contributed by atoms with E-state index in [9.17, 15) is 4.79 Å². The molecule has 7 heteroatoms. The van der Waals surface area contributed by atoms with Crippen molar-refractivity contribution < 1.29 is 14.3 Å². The van der Waals surface area contributed by atoms with E-state index < -0.39 is 0 Å². The summed E-state index contributed by atoms with van der Waals surface area (Å²) in [5.41, 5.74) is 5.53. The van der Waals surface area contributed by atoms with Crippen molar-refractivity contribution in [2.24, 2.45) is 0 Å². The molecular formula is C34H42N4O3. The first-order valence-corrected chi connectivity index (χ1v) is 15.6. The number of carbonyl (C=O) groups is 1. The third-order valence-corrected chi connectivity index (χ3v) is 9.45. The number of nitrogens with one attached hydrogen (secondary N) is 1. The van der Waals surface area contributed by atoms with Gasteiger partial charge in [0.05, 0.1) is 17.7 Å². The van der Waals surface area contributed by atoms with Gasteiger partial charge in [0.25, 0.3) is 5.91 Å². The van der Waals surface area contributed by atoms with E-state index in [0.29, 0.717) is 18.5 Å². The van der Waals surface area contributed by atoms with Crippen molar-refractivity contribution in [2.75, 3.05) is 26.2 Å². The smallest absolute Gasteiger partial charge is 0.254 e. The van der Waals surface area contributed by atoms with Gasteiger partial charge in [-0.05, 0) is 100 Å². The number of fused-ring (bicyclic) bond motifs is 2. The lowest BCUT2D eigenvalue weighted by Crippen LogP contribution is -2.46. The highest BCUT2D eigenvalue weighted by Gasteiger charge is 2.34. The largest absolute Gasteiger partial charge is 0.489 e. The van der Waals surface area contributed by atoms with Crippen LogP contribution < -0.4 is 10.1 Å². The Morgan fingerprint density at radius 3 is 2.76 bits per heavy atom. The fourth-order valence-electron chi connectivity index (χ4n) is 7.44. The zero-order valence-corrected chi connectivity index (χ0v) is 24.4. The number of pyridine rings is 1. The minimum atomic E-state index is 0.165. The molecule has 4 aliphatic heterocycles. The Kier molecular flexibility index (Phi) is 7.44. The van der Waals surface area contributed by atoms with Crippen LogP contribution in [0.2, 0.25) is 0 Å². The van der Waals surface area contributed by atoms with Crippen LogP contribution in [-0.4, -0.2) is 71.2 Å². The van der Waals surface area contributed by atoms with Crippen LogP contribution in [0, 0.1) is 0 Å². The Bertz CT molecular complexity index is 1410. The van der Waals surface area contributed by atoms with E-state index in [-0.39, 0.29) is 24.2 Å². The number of likely N-dealkylation sites (tertiary alicyclic amines) is 1. The summed E-state index contributed by atoms with van der Waals surface area (Å²) in [7, 11) is 0. The first-order valence-electron chi connectivity index (χ1n) is 15.6. The van der Waals surface area contributed by atoms with Crippen molar-refractivity contribution >= 4 is 16.8 Å². The molecule has 3 fully saturated rings. The number of carbonyl (C=O) groups excluding carboxylic acids is 1. The molecule has 1 amide bonds. The van der Waals surface area contributed by atoms with E-state index in [1.807, 2.05) is 17.0 Å². The van der Waals surface area contributed by atoms with Gasteiger partial charge < -0.3 is 19.7 Å². The van der Waals surface area contributed by atoms with Crippen molar-refractivity contribution in [3.63, 3.8) is 0 Å². The zero-order valence-electron chi connectivity index (χ0n) is 24.4. The summed E-state index contributed by atoms with van der Waals surface area (Å²) < 4.78 is 12.4. The molecule has 2 aromatic carbocycles. The molecule has 7 rings (SSSR count). The third kappa shape index (κ3) is 5.72. The van der Waals surface area contributed by atoms with Gasteiger partial charge in [0.2, 0.25) is 0 Å². The Morgan fingerprint density at radius 2 is 1.93 bits per heavy atom. The lowest BCUT2D eigenvalue weighted by atomic mass is 9.89. The summed E-state index contributed by atoms with van der Waals surface area (Å²) in [6.07, 6.45) is 6.05. The Balaban J connectivity index is 0.956. The quantitative estimate of drug-likeness (QED) is 0.448. The van der Waals surface area contributed by atoms with E-state index in [0.717, 1.165) is 87.2 Å². The topological polar surface area (TPSA) is 66.9 Å². The monoisotopic (exact) mass is 554 g/mol. The summed E-state index contributed by atoms with van der Waals surface area (Å²) in [4.78, 5) is 22.6. The highest BCUT2D eigenvalue weighted by atomic mass is 16.5. The van der Waals surface area contributed by atoms with E-state index in [4.69, 9.17) is 14.5 Å². The SMILES string of the molecule is C[C@@H]1CC(c2ccc3cc(CN4CC[C@H](Oc5ccc6c(c5)CN(C5CCCNC5)C6=O)C4)ccc3n2)C[C@@H](C)O1. The lowest BCUT2D eigenvalue weighted by Gasteiger charge is -2.31. The van der Waals surface area contributed by atoms with Crippen LogP contribution in [-0.2, 0) is 17.8 Å². The van der Waals surface area contributed by atoms with Crippen LogP contribution in [0.1, 0.15) is 79.0 Å². The number of rotatable bonds is 6. The molecule has 0 radical (unpaired) electrons. The molecule has 7 nitrogen and oxygen atoms in total. The molecule has 0 saturated carbocycles. The number of aromatic nitrogens is 1. The molecule has 4 aliphatic rings. The van der Waals surface area contributed by atoms with Gasteiger partial charge in [-0.2, -0.15) is 0 Å². The molecule has 41 heavy (non-hydrogen) atoms. The second-order valence-corrected chi connectivity index (χ2v) is 12.7. The maximum absolute atomic E-state index is 13.0. The van der Waals surface area contributed by atoms with Gasteiger partial charge in [-0.25, -0.2) is 0 Å². The highest BCUT2D eigenvalue weighted by Crippen LogP contribution is 2.34. The van der Waals surface area contributed by atoms with Crippen molar-refractivity contribution in [2.45, 2.75) is 89.3 Å². The second kappa shape index (κ2) is 11.3. The summed E-state index contributed by atoms with van der Waals surface area (Å²) in [6.45, 7) is 9.82. The maximum atomic E-state index is 13.0. The zero-order chi connectivity index (χ0) is 27.9. The summed E-state index contributed by atoms with van der Waals surface area (Å²) in [5.74, 6) is 1.52. The van der Waals surface area contributed by atoms with E-state index in [1.165, 1.54) is 16.6 Å². The number of ether oxygens (including phenoxy) is 2. The van der Waals surface area contributed by atoms with Crippen LogP contribution in [0.25, 0.3) is 10.9 Å². The molecular weight excluding hydrogens is 512 g/mol. The Morgan fingerprint density at radius 1 is 1.05 bits per heavy atom. The summed E-state index contributed by atoms with van der Waals surface area (Å²) in [5, 5.41) is 4.64. The third-order valence-electron chi connectivity index (χ3n) is 9.45. The van der Waals surface area contributed by atoms with Gasteiger partial charge in [-0.15, -0.1) is 0 Å². The average Bonchev–Trinajstić information content (AvgIpc) is 3.55. The molecule has 0 spiro atoms. The van der Waals surface area contributed by atoms with Gasteiger partial charge in [0.15, 0.2) is 0 Å². The number of hydrogen-bond donors (Lipinski definition) is 1. The molecule has 1 N–H and O–H groups in total. The molecule has 5 heterocycles. The number of hydrogen-bond acceptors (Lipinski definition) is 6. The first kappa shape index (κ1) is 26.9. The minimum absolute atomic E-state index is 0.165. The molecule has 1 unspecified atom stereocenters. The maximum Gasteiger partial charge on any atom is 0.254 e. The highest BCUT2D eigenvalue weighted by molar-refractivity contribution is 5.98. The predicted molar refractivity (Wildman–Crippen MR) is 160 cm³/mol. The van der Waals surface area contributed by atoms with Gasteiger partial charge in [-0.3, -0.25) is 14.7 Å². The van der Waals surface area contributed by atoms with Crippen LogP contribution in [0.15, 0.2) is 48.5 Å². The van der Waals surface area contributed by atoms with Gasteiger partial charge in [0.1, 0.15) is 11.9 Å². The van der Waals surface area contributed by atoms with E-state index >= 15 is 0 Å². The second-order valence-electron chi connectivity index (χ2n) is 12.7. The number of benzene rings is 2. The summed E-state index contributed by atoms with van der Waals surface area (Å²) in [6, 6.07) is 17.5. The lowest BCUT2D eigenvalue weighted by molar-refractivity contribution is -0.0385. The predicted octanol–water partition coefficient (Wildman–Crippen LogP) is 5.27. The van der Waals surface area contributed by atoms with Crippen molar-refractivity contribution in [3.05, 3.63) is 70.9 Å². The molecule has 3 saturated heterocycles. The van der Waals surface area contributed by atoms with E-state index in [1.54, 1.807) is 0 Å². The minimum Gasteiger partial charge on any atom is -0.489 e. The summed E-state index contributed by atoms with van der Waals surface area (Å²) >= 11 is 0. The van der Waals surface area contributed by atoms with Crippen LogP contribution in [0.4, 0.5) is 0 Å². The van der Waals surface area contributed by atoms with Crippen molar-refractivity contribution in [3.8, 4) is 5.75 Å². The molecule has 4 atom stereocenters. The normalized spacial score (nSPS) is 28.8. The first-order chi connectivity index (χ1) is 20.0. The number of amides is 1. The van der Waals surface area contributed by atoms with Crippen LogP contribution in [0.5, 0.6) is 5.75 Å². The number of piperidine rings is 1. The van der Waals surface area contributed by atoms with Crippen molar-refractivity contribution in [1.82, 2.24) is 20.1 Å². The van der Waals surface area contributed by atoms with E-state index in [2.05, 4.69) is 60.5 Å². The van der Waals surface area contributed by atoms with Gasteiger partial charge in [-0.1, -0.05) is 12.1 Å². The Labute approximate surface area is 243 Å². The van der Waals surface area contributed by atoms with Gasteiger partial charge >= 0.3 is 0 Å². The molecule has 3 aromatic rings. The van der Waals surface area contributed by atoms with Crippen LogP contribution >= 0.6 is 0 Å². The fraction of sp³-hybridized carbons (Fsp3) is 0.529. The Hall–Kier alpha value is -3.00. The fourth-order valence-corrected chi connectivity index (χ4v) is 7.44. The molecule has 0 aliphatic carbocycles. The number of nitrogens with zero attached hydrogens (tertiary/aromatic N) is 3. The van der Waals surface area contributed by atoms with Crippen LogP contribution in [0.3, 0.4) is 0 Å². The van der Waals surface area contributed by atoms with Crippen molar-refractivity contribution in [1.29, 1.82) is 0 Å².